The molecule has 2 atom stereocenters. The molecule has 1 aromatic heterocycles. The summed E-state index contributed by atoms with van der Waals surface area (Å²) in [6.07, 6.45) is 1.64. The Hall–Kier alpha value is -2.18. The van der Waals surface area contributed by atoms with E-state index in [1.807, 2.05) is 13.8 Å². The van der Waals surface area contributed by atoms with Gasteiger partial charge in [0, 0.05) is 23.6 Å². The van der Waals surface area contributed by atoms with Gasteiger partial charge in [-0.05, 0) is 44.2 Å². The molecule has 2 rings (SSSR count). The fraction of sp³-hybridized carbons (Fsp3) is 0.312. The summed E-state index contributed by atoms with van der Waals surface area (Å²) in [7, 11) is 0. The molecule has 7 heteroatoms. The van der Waals surface area contributed by atoms with Crippen molar-refractivity contribution < 1.29 is 9.53 Å². The van der Waals surface area contributed by atoms with Crippen molar-refractivity contribution in [3.63, 3.8) is 0 Å². The minimum atomic E-state index is -0.253. The second-order valence-electron chi connectivity index (χ2n) is 5.24. The van der Waals surface area contributed by atoms with E-state index in [9.17, 15) is 4.79 Å². The van der Waals surface area contributed by atoms with E-state index in [-0.39, 0.29) is 30.3 Å². The van der Waals surface area contributed by atoms with Gasteiger partial charge in [-0.15, -0.1) is 12.4 Å². The molecular weight excluding hydrogens is 316 g/mol. The first kappa shape index (κ1) is 18.9. The Morgan fingerprint density at radius 2 is 1.87 bits per heavy atom. The molecule has 0 saturated heterocycles. The Bertz CT molecular complexity index is 647. The highest BCUT2D eigenvalue weighted by Crippen LogP contribution is 2.20. The third-order valence-corrected chi connectivity index (χ3v) is 3.31. The SMILES string of the molecule is Cc1ccnc(Oc2ccc(NC(=O)C(C)C(C)N)cc2)n1.Cl. The largest absolute Gasteiger partial charge is 0.424 e. The van der Waals surface area contributed by atoms with Crippen LogP contribution in [0.15, 0.2) is 36.5 Å². The van der Waals surface area contributed by atoms with Gasteiger partial charge in [0.15, 0.2) is 0 Å². The first-order valence-corrected chi connectivity index (χ1v) is 7.09. The molecule has 23 heavy (non-hydrogen) atoms. The van der Waals surface area contributed by atoms with Gasteiger partial charge in [-0.3, -0.25) is 4.79 Å². The third-order valence-electron chi connectivity index (χ3n) is 3.31. The van der Waals surface area contributed by atoms with Gasteiger partial charge in [0.2, 0.25) is 5.91 Å². The molecule has 1 amide bonds. The molecule has 0 aliphatic carbocycles. The van der Waals surface area contributed by atoms with Crippen LogP contribution in [0.5, 0.6) is 11.8 Å². The number of aromatic nitrogens is 2. The molecule has 0 bridgehead atoms. The third kappa shape index (κ3) is 5.50. The number of hydrogen-bond donors (Lipinski definition) is 2. The van der Waals surface area contributed by atoms with Crippen LogP contribution >= 0.6 is 12.4 Å². The summed E-state index contributed by atoms with van der Waals surface area (Å²) in [6.45, 7) is 5.47. The van der Waals surface area contributed by atoms with Gasteiger partial charge in [-0.2, -0.15) is 0 Å². The summed E-state index contributed by atoms with van der Waals surface area (Å²) < 4.78 is 5.55. The topological polar surface area (TPSA) is 90.1 Å². The van der Waals surface area contributed by atoms with Crippen molar-refractivity contribution in [2.24, 2.45) is 11.7 Å². The van der Waals surface area contributed by atoms with E-state index in [1.165, 1.54) is 0 Å². The molecule has 124 valence electrons. The molecule has 1 aromatic carbocycles. The van der Waals surface area contributed by atoms with E-state index in [0.29, 0.717) is 17.4 Å². The highest BCUT2D eigenvalue weighted by Gasteiger charge is 2.16. The summed E-state index contributed by atoms with van der Waals surface area (Å²) in [5.41, 5.74) is 7.24. The molecule has 3 N–H and O–H groups in total. The minimum Gasteiger partial charge on any atom is -0.424 e. The predicted octanol–water partition coefficient (Wildman–Crippen LogP) is 2.92. The molecule has 6 nitrogen and oxygen atoms in total. The van der Waals surface area contributed by atoms with Crippen LogP contribution in [0, 0.1) is 12.8 Å². The minimum absolute atomic E-state index is 0. The van der Waals surface area contributed by atoms with Crippen molar-refractivity contribution in [2.75, 3.05) is 5.32 Å². The number of benzene rings is 1. The number of anilines is 1. The molecule has 2 unspecified atom stereocenters. The molecule has 0 aliphatic heterocycles. The Morgan fingerprint density at radius 1 is 1.22 bits per heavy atom. The number of ether oxygens (including phenoxy) is 1. The Balaban J connectivity index is 0.00000264. The number of rotatable bonds is 5. The number of aryl methyl sites for hydroxylation is 1. The van der Waals surface area contributed by atoms with Gasteiger partial charge < -0.3 is 15.8 Å². The normalized spacial score (nSPS) is 12.7. The molecule has 0 aliphatic rings. The lowest BCUT2D eigenvalue weighted by Crippen LogP contribution is -2.34. The average Bonchev–Trinajstić information content (AvgIpc) is 2.48. The van der Waals surface area contributed by atoms with Crippen molar-refractivity contribution in [2.45, 2.75) is 26.8 Å². The highest BCUT2D eigenvalue weighted by molar-refractivity contribution is 5.92. The van der Waals surface area contributed by atoms with Crippen LogP contribution in [-0.2, 0) is 4.79 Å². The second-order valence-corrected chi connectivity index (χ2v) is 5.24. The van der Waals surface area contributed by atoms with Crippen molar-refractivity contribution in [3.05, 3.63) is 42.2 Å². The van der Waals surface area contributed by atoms with Crippen LogP contribution in [0.3, 0.4) is 0 Å². The zero-order chi connectivity index (χ0) is 16.1. The highest BCUT2D eigenvalue weighted by atomic mass is 35.5. The number of nitrogens with zero attached hydrogens (tertiary/aromatic N) is 2. The fourth-order valence-corrected chi connectivity index (χ4v) is 1.68. The van der Waals surface area contributed by atoms with Crippen LogP contribution in [0.4, 0.5) is 5.69 Å². The van der Waals surface area contributed by atoms with Gasteiger partial charge in [0.05, 0.1) is 5.92 Å². The van der Waals surface area contributed by atoms with E-state index >= 15 is 0 Å². The lowest BCUT2D eigenvalue weighted by Gasteiger charge is -2.15. The lowest BCUT2D eigenvalue weighted by atomic mass is 10.0. The van der Waals surface area contributed by atoms with Crippen LogP contribution in [0.1, 0.15) is 19.5 Å². The van der Waals surface area contributed by atoms with E-state index in [1.54, 1.807) is 43.5 Å². The van der Waals surface area contributed by atoms with E-state index in [0.717, 1.165) is 5.69 Å². The summed E-state index contributed by atoms with van der Waals surface area (Å²) in [6, 6.07) is 8.91. The second kappa shape index (κ2) is 8.45. The molecule has 0 radical (unpaired) electrons. The number of nitrogens with one attached hydrogen (secondary N) is 1. The molecule has 0 spiro atoms. The van der Waals surface area contributed by atoms with E-state index in [2.05, 4.69) is 15.3 Å². The maximum absolute atomic E-state index is 11.9. The first-order chi connectivity index (χ1) is 10.5. The van der Waals surface area contributed by atoms with Gasteiger partial charge in [0.1, 0.15) is 5.75 Å². The van der Waals surface area contributed by atoms with Gasteiger partial charge in [-0.1, -0.05) is 6.92 Å². The average molecular weight is 337 g/mol. The van der Waals surface area contributed by atoms with Gasteiger partial charge in [-0.25, -0.2) is 9.97 Å². The number of carbonyl (C=O) groups excluding carboxylic acids is 1. The smallest absolute Gasteiger partial charge is 0.322 e. The van der Waals surface area contributed by atoms with Crippen molar-refractivity contribution >= 4 is 24.0 Å². The predicted molar refractivity (Wildman–Crippen MR) is 92.0 cm³/mol. The van der Waals surface area contributed by atoms with E-state index in [4.69, 9.17) is 10.5 Å². The monoisotopic (exact) mass is 336 g/mol. The standard InChI is InChI=1S/C16H20N4O2.ClH/c1-10-8-9-18-16(19-10)22-14-6-4-13(5-7-14)20-15(21)11(2)12(3)17;/h4-9,11-12H,17H2,1-3H3,(H,20,21);1H. The zero-order valence-electron chi connectivity index (χ0n) is 13.3. The van der Waals surface area contributed by atoms with Crippen LogP contribution in [0.2, 0.25) is 0 Å². The maximum Gasteiger partial charge on any atom is 0.322 e. The molecule has 0 fully saturated rings. The van der Waals surface area contributed by atoms with E-state index < -0.39 is 0 Å². The molecule has 2 aromatic rings. The molecule has 1 heterocycles. The van der Waals surface area contributed by atoms with Gasteiger partial charge >= 0.3 is 6.01 Å². The Labute approximate surface area is 141 Å². The number of carbonyl (C=O) groups is 1. The maximum atomic E-state index is 11.9. The lowest BCUT2D eigenvalue weighted by molar-refractivity contribution is -0.119. The van der Waals surface area contributed by atoms with Crippen molar-refractivity contribution in [1.82, 2.24) is 9.97 Å². The van der Waals surface area contributed by atoms with Crippen molar-refractivity contribution in [3.8, 4) is 11.8 Å². The number of hydrogen-bond acceptors (Lipinski definition) is 5. The van der Waals surface area contributed by atoms with Crippen LogP contribution in [-0.4, -0.2) is 21.9 Å². The zero-order valence-corrected chi connectivity index (χ0v) is 14.1. The number of halogens is 1. The Morgan fingerprint density at radius 3 is 2.43 bits per heavy atom. The Kier molecular flexibility index (Phi) is 6.93. The number of nitrogens with two attached hydrogens (primary N) is 1. The van der Waals surface area contributed by atoms with Gasteiger partial charge in [0.25, 0.3) is 0 Å². The fourth-order valence-electron chi connectivity index (χ4n) is 1.68. The van der Waals surface area contributed by atoms with Crippen LogP contribution in [0.25, 0.3) is 0 Å². The summed E-state index contributed by atoms with van der Waals surface area (Å²) in [5, 5.41) is 2.82. The molecular formula is C16H21ClN4O2. The quantitative estimate of drug-likeness (QED) is 0.876. The first-order valence-electron chi connectivity index (χ1n) is 7.09. The molecule has 0 saturated carbocycles. The van der Waals surface area contributed by atoms with Crippen molar-refractivity contribution in [1.29, 1.82) is 0 Å². The van der Waals surface area contributed by atoms with Crippen LogP contribution < -0.4 is 15.8 Å². The summed E-state index contributed by atoms with van der Waals surface area (Å²) in [4.78, 5) is 20.1. The summed E-state index contributed by atoms with van der Waals surface area (Å²) >= 11 is 0. The number of amides is 1. The summed E-state index contributed by atoms with van der Waals surface area (Å²) in [5.74, 6) is 0.242.